The van der Waals surface area contributed by atoms with Gasteiger partial charge in [0.25, 0.3) is 0 Å². The first-order valence-corrected chi connectivity index (χ1v) is 7.69. The van der Waals surface area contributed by atoms with E-state index in [1.54, 1.807) is 20.8 Å². The molecule has 1 amide bonds. The molecule has 0 spiro atoms. The monoisotopic (exact) mass is 343 g/mol. The van der Waals surface area contributed by atoms with Gasteiger partial charge < -0.3 is 19.5 Å². The summed E-state index contributed by atoms with van der Waals surface area (Å²) >= 11 is 5.39. The van der Waals surface area contributed by atoms with Crippen molar-refractivity contribution in [3.63, 3.8) is 0 Å². The zero-order chi connectivity index (χ0) is 17.3. The van der Waals surface area contributed by atoms with Crippen LogP contribution in [-0.4, -0.2) is 36.4 Å². The Hall–Kier alpha value is -1.79. The van der Waals surface area contributed by atoms with Gasteiger partial charge in [-0.2, -0.15) is 0 Å². The Labute approximate surface area is 141 Å². The smallest absolute Gasteiger partial charge is 0.408 e. The fourth-order valence-corrected chi connectivity index (χ4v) is 1.75. The number of esters is 1. The number of benzene rings is 1. The van der Waals surface area contributed by atoms with Gasteiger partial charge in [0, 0.05) is 0 Å². The standard InChI is InChI=1S/C16H22ClNO5/c1-16(2,3)23-15(20)18-13(14(19)22-11-17)10-21-9-12-7-5-4-6-8-12/h4-8,13H,9-11H2,1-3H3,(H,18,20). The first-order chi connectivity index (χ1) is 10.8. The van der Waals surface area contributed by atoms with Crippen molar-refractivity contribution < 1.29 is 23.8 Å². The van der Waals surface area contributed by atoms with Gasteiger partial charge in [0.05, 0.1) is 13.2 Å². The van der Waals surface area contributed by atoms with E-state index in [2.05, 4.69) is 5.32 Å². The molecule has 7 heteroatoms. The Morgan fingerprint density at radius 1 is 1.22 bits per heavy atom. The molecule has 1 N–H and O–H groups in total. The van der Waals surface area contributed by atoms with Gasteiger partial charge in [-0.3, -0.25) is 0 Å². The topological polar surface area (TPSA) is 73.9 Å². The van der Waals surface area contributed by atoms with Crippen molar-refractivity contribution in [3.8, 4) is 0 Å². The number of ether oxygens (including phenoxy) is 3. The summed E-state index contributed by atoms with van der Waals surface area (Å²) in [5.74, 6) is -0.682. The van der Waals surface area contributed by atoms with Gasteiger partial charge in [-0.25, -0.2) is 9.59 Å². The number of hydrogen-bond donors (Lipinski definition) is 1. The van der Waals surface area contributed by atoms with Gasteiger partial charge in [0.1, 0.15) is 5.60 Å². The average molecular weight is 344 g/mol. The summed E-state index contributed by atoms with van der Waals surface area (Å²) in [4.78, 5) is 23.6. The Kier molecular flexibility index (Phi) is 7.85. The van der Waals surface area contributed by atoms with Gasteiger partial charge in [-0.15, -0.1) is 0 Å². The maximum Gasteiger partial charge on any atom is 0.408 e. The molecule has 23 heavy (non-hydrogen) atoms. The third-order valence-corrected chi connectivity index (χ3v) is 2.68. The summed E-state index contributed by atoms with van der Waals surface area (Å²) in [6.45, 7) is 5.44. The molecular formula is C16H22ClNO5. The lowest BCUT2D eigenvalue weighted by Crippen LogP contribution is -2.46. The number of alkyl carbamates (subject to hydrolysis) is 1. The van der Waals surface area contributed by atoms with Gasteiger partial charge in [0.2, 0.25) is 0 Å². The van der Waals surface area contributed by atoms with Gasteiger partial charge in [0.15, 0.2) is 12.1 Å². The summed E-state index contributed by atoms with van der Waals surface area (Å²) in [6.07, 6.45) is -0.725. The van der Waals surface area contributed by atoms with Gasteiger partial charge in [-0.05, 0) is 26.3 Å². The number of halogens is 1. The van der Waals surface area contributed by atoms with Crippen molar-refractivity contribution in [1.29, 1.82) is 0 Å². The molecule has 0 saturated heterocycles. The van der Waals surface area contributed by atoms with Gasteiger partial charge in [-0.1, -0.05) is 41.9 Å². The molecule has 0 radical (unpaired) electrons. The molecular weight excluding hydrogens is 322 g/mol. The first-order valence-electron chi connectivity index (χ1n) is 7.15. The van der Waals surface area contributed by atoms with Crippen LogP contribution in [0.4, 0.5) is 4.79 Å². The minimum Gasteiger partial charge on any atom is -0.448 e. The average Bonchev–Trinajstić information content (AvgIpc) is 2.45. The van der Waals surface area contributed by atoms with Crippen LogP contribution >= 0.6 is 11.6 Å². The molecule has 0 aliphatic rings. The van der Waals surface area contributed by atoms with Crippen LogP contribution in [0.5, 0.6) is 0 Å². The number of hydrogen-bond acceptors (Lipinski definition) is 5. The van der Waals surface area contributed by atoms with E-state index in [-0.39, 0.29) is 12.7 Å². The van der Waals surface area contributed by atoms with Crippen molar-refractivity contribution in [2.24, 2.45) is 0 Å². The van der Waals surface area contributed by atoms with Crippen LogP contribution in [-0.2, 0) is 25.6 Å². The highest BCUT2D eigenvalue weighted by atomic mass is 35.5. The van der Waals surface area contributed by atoms with Crippen molar-refractivity contribution >= 4 is 23.7 Å². The van der Waals surface area contributed by atoms with E-state index in [0.29, 0.717) is 6.61 Å². The van der Waals surface area contributed by atoms with Crippen LogP contribution in [0.15, 0.2) is 30.3 Å². The zero-order valence-electron chi connectivity index (χ0n) is 13.5. The van der Waals surface area contributed by atoms with E-state index in [1.165, 1.54) is 0 Å². The van der Waals surface area contributed by atoms with Crippen molar-refractivity contribution in [2.45, 2.75) is 39.0 Å². The normalized spacial score (nSPS) is 12.3. The molecule has 0 aliphatic carbocycles. The molecule has 128 valence electrons. The lowest BCUT2D eigenvalue weighted by Gasteiger charge is -2.22. The predicted molar refractivity (Wildman–Crippen MR) is 86.1 cm³/mol. The minimum atomic E-state index is -0.993. The molecule has 1 unspecified atom stereocenters. The van der Waals surface area contributed by atoms with Crippen LogP contribution in [0.25, 0.3) is 0 Å². The Morgan fingerprint density at radius 2 is 1.87 bits per heavy atom. The second-order valence-electron chi connectivity index (χ2n) is 5.77. The van der Waals surface area contributed by atoms with E-state index in [1.807, 2.05) is 30.3 Å². The highest BCUT2D eigenvalue weighted by Crippen LogP contribution is 2.07. The van der Waals surface area contributed by atoms with Crippen molar-refractivity contribution in [2.75, 3.05) is 12.7 Å². The maximum absolute atomic E-state index is 11.8. The number of rotatable bonds is 7. The van der Waals surface area contributed by atoms with E-state index in [4.69, 9.17) is 25.8 Å². The zero-order valence-corrected chi connectivity index (χ0v) is 14.3. The van der Waals surface area contributed by atoms with Crippen LogP contribution in [0, 0.1) is 0 Å². The number of nitrogens with one attached hydrogen (secondary N) is 1. The van der Waals surface area contributed by atoms with Crippen molar-refractivity contribution in [3.05, 3.63) is 35.9 Å². The van der Waals surface area contributed by atoms with Gasteiger partial charge >= 0.3 is 12.1 Å². The Morgan fingerprint density at radius 3 is 2.43 bits per heavy atom. The molecule has 1 rings (SSSR count). The summed E-state index contributed by atoms with van der Waals surface area (Å²) in [5.41, 5.74) is 0.282. The second kappa shape index (κ2) is 9.37. The van der Waals surface area contributed by atoms with Crippen LogP contribution in [0.1, 0.15) is 26.3 Å². The Balaban J connectivity index is 2.55. The minimum absolute atomic E-state index is 0.0517. The van der Waals surface area contributed by atoms with E-state index >= 15 is 0 Å². The maximum atomic E-state index is 11.8. The fraction of sp³-hybridized carbons (Fsp3) is 0.500. The van der Waals surface area contributed by atoms with Crippen molar-refractivity contribution in [1.82, 2.24) is 5.32 Å². The molecule has 0 heterocycles. The molecule has 1 aromatic carbocycles. The SMILES string of the molecule is CC(C)(C)OC(=O)NC(COCc1ccccc1)C(=O)OCCl. The molecule has 1 atom stereocenters. The molecule has 0 aliphatic heterocycles. The lowest BCUT2D eigenvalue weighted by molar-refractivity contribution is -0.145. The fourth-order valence-electron chi connectivity index (χ4n) is 1.64. The highest BCUT2D eigenvalue weighted by molar-refractivity contribution is 6.17. The Bertz CT molecular complexity index is 501. The summed E-state index contributed by atoms with van der Waals surface area (Å²) in [7, 11) is 0. The first kappa shape index (κ1) is 19.3. The third kappa shape index (κ3) is 8.42. The highest BCUT2D eigenvalue weighted by Gasteiger charge is 2.25. The van der Waals surface area contributed by atoms with E-state index in [0.717, 1.165) is 5.56 Å². The summed E-state index contributed by atoms with van der Waals surface area (Å²) in [5, 5.41) is 2.43. The predicted octanol–water partition coefficient (Wildman–Crippen LogP) is 2.84. The number of carbonyl (C=O) groups excluding carboxylic acids is 2. The molecule has 6 nitrogen and oxygen atoms in total. The lowest BCUT2D eigenvalue weighted by atomic mass is 10.2. The number of alkyl halides is 1. The molecule has 1 aromatic rings. The second-order valence-corrected chi connectivity index (χ2v) is 5.99. The van der Waals surface area contributed by atoms with E-state index in [9.17, 15) is 9.59 Å². The molecule has 0 aromatic heterocycles. The van der Waals surface area contributed by atoms with E-state index < -0.39 is 23.7 Å². The number of amides is 1. The molecule has 0 saturated carbocycles. The molecule has 0 fully saturated rings. The quantitative estimate of drug-likeness (QED) is 0.608. The molecule has 0 bridgehead atoms. The van der Waals surface area contributed by atoms with Crippen LogP contribution < -0.4 is 5.32 Å². The largest absolute Gasteiger partial charge is 0.448 e. The summed E-state index contributed by atoms with van der Waals surface area (Å²) in [6, 6.07) is 8.17. The van der Waals surface area contributed by atoms with Crippen LogP contribution in [0.2, 0.25) is 0 Å². The summed E-state index contributed by atoms with van der Waals surface area (Å²) < 4.78 is 15.3. The third-order valence-electron chi connectivity index (χ3n) is 2.57. The number of carbonyl (C=O) groups is 2. The van der Waals surface area contributed by atoms with Crippen LogP contribution in [0.3, 0.4) is 0 Å².